The summed E-state index contributed by atoms with van der Waals surface area (Å²) in [5, 5.41) is 13.4. The number of carbonyl (C=O) groups is 1. The number of hydrogen-bond acceptors (Lipinski definition) is 13. The summed E-state index contributed by atoms with van der Waals surface area (Å²) in [6.45, 7) is 8.91. The molecular weight excluding hydrogens is 652 g/mol. The van der Waals surface area contributed by atoms with Crippen molar-refractivity contribution < 1.29 is 37.3 Å². The molecule has 0 bridgehead atoms. The number of alkyl halides is 3. The van der Waals surface area contributed by atoms with Gasteiger partial charge in [0.1, 0.15) is 30.8 Å². The van der Waals surface area contributed by atoms with Crippen molar-refractivity contribution >= 4 is 54.9 Å². The molecular formula is C25H38F3N5O6S4. The first-order valence-electron chi connectivity index (χ1n) is 12.9. The third-order valence-corrected chi connectivity index (χ3v) is 10.8. The van der Waals surface area contributed by atoms with Gasteiger partial charge in [-0.2, -0.15) is 18.2 Å². The van der Waals surface area contributed by atoms with Crippen LogP contribution in [-0.4, -0.2) is 92.8 Å². The molecule has 1 aromatic heterocycles. The van der Waals surface area contributed by atoms with Gasteiger partial charge in [0.05, 0.1) is 23.1 Å². The van der Waals surface area contributed by atoms with Gasteiger partial charge in [-0.05, 0) is 13.8 Å². The Kier molecular flexibility index (Phi) is 14.8. The number of amides is 1. The van der Waals surface area contributed by atoms with Gasteiger partial charge in [-0.25, -0.2) is 9.80 Å². The lowest BCUT2D eigenvalue weighted by Crippen LogP contribution is -2.46. The number of hydrazine groups is 1. The van der Waals surface area contributed by atoms with E-state index < -0.39 is 41.1 Å². The predicted octanol–water partition coefficient (Wildman–Crippen LogP) is 4.06. The number of nitrogens with one attached hydrogen (secondary N) is 2. The molecule has 244 valence electrons. The van der Waals surface area contributed by atoms with Crippen LogP contribution >= 0.6 is 43.2 Å². The maximum absolute atomic E-state index is 12.9. The van der Waals surface area contributed by atoms with Crippen LogP contribution in [0.4, 0.5) is 19.0 Å². The van der Waals surface area contributed by atoms with Gasteiger partial charge < -0.3 is 30.1 Å². The van der Waals surface area contributed by atoms with E-state index in [-0.39, 0.29) is 29.7 Å². The van der Waals surface area contributed by atoms with Crippen LogP contribution in [0.5, 0.6) is 0 Å². The van der Waals surface area contributed by atoms with Gasteiger partial charge in [-0.3, -0.25) is 9.36 Å². The molecule has 1 aliphatic rings. The molecule has 1 saturated heterocycles. The molecule has 0 aliphatic carbocycles. The Balaban J connectivity index is 2.03. The zero-order valence-corrected chi connectivity index (χ0v) is 28.2. The van der Waals surface area contributed by atoms with Crippen LogP contribution in [0.25, 0.3) is 0 Å². The summed E-state index contributed by atoms with van der Waals surface area (Å²) in [5.41, 5.74) is 2.76. The lowest BCUT2D eigenvalue weighted by molar-refractivity contribution is -0.174. The highest BCUT2D eigenvalue weighted by atomic mass is 33.1. The quantitative estimate of drug-likeness (QED) is 0.0856. The Morgan fingerprint density at radius 2 is 1.88 bits per heavy atom. The Bertz CT molecular complexity index is 1190. The zero-order chi connectivity index (χ0) is 32.4. The van der Waals surface area contributed by atoms with E-state index in [1.54, 1.807) is 40.7 Å². The molecule has 3 atom stereocenters. The molecule has 3 N–H and O–H groups in total. The number of aliphatic hydroxyl groups is 1. The fraction of sp³-hybridized carbons (Fsp3) is 0.720. The largest absolute Gasteiger partial charge is 0.471 e. The van der Waals surface area contributed by atoms with Gasteiger partial charge in [0, 0.05) is 31.5 Å². The van der Waals surface area contributed by atoms with E-state index in [0.29, 0.717) is 17.9 Å². The normalized spacial score (nSPS) is 19.3. The van der Waals surface area contributed by atoms with Gasteiger partial charge in [0.2, 0.25) is 0 Å². The molecule has 43 heavy (non-hydrogen) atoms. The molecule has 18 heteroatoms. The highest BCUT2D eigenvalue weighted by Gasteiger charge is 2.41. The third kappa shape index (κ3) is 13.7. The molecule has 1 aromatic rings. The lowest BCUT2D eigenvalue weighted by Gasteiger charge is -2.25. The second-order valence-corrected chi connectivity index (χ2v) is 16.8. The Labute approximate surface area is 265 Å². The first kappa shape index (κ1) is 37.9. The molecule has 1 fully saturated rings. The van der Waals surface area contributed by atoms with Crippen molar-refractivity contribution in [1.29, 1.82) is 0 Å². The Morgan fingerprint density at radius 1 is 1.21 bits per heavy atom. The molecule has 11 nitrogen and oxygen atoms in total. The van der Waals surface area contributed by atoms with E-state index in [4.69, 9.17) is 14.2 Å². The number of hydrogen-bond donors (Lipinski definition) is 3. The van der Waals surface area contributed by atoms with Crippen molar-refractivity contribution in [2.75, 3.05) is 44.6 Å². The van der Waals surface area contributed by atoms with E-state index >= 15 is 0 Å². The van der Waals surface area contributed by atoms with E-state index in [1.165, 1.54) is 24.6 Å². The fourth-order valence-electron chi connectivity index (χ4n) is 3.38. The minimum absolute atomic E-state index is 0.0178. The maximum Gasteiger partial charge on any atom is 0.471 e. The summed E-state index contributed by atoms with van der Waals surface area (Å²) in [7, 11) is 8.84. The topological polar surface area (TPSA) is 127 Å². The predicted molar refractivity (Wildman–Crippen MR) is 167 cm³/mol. The summed E-state index contributed by atoms with van der Waals surface area (Å²) >= 11 is 0. The van der Waals surface area contributed by atoms with Gasteiger partial charge in [0.25, 0.3) is 0 Å². The molecule has 0 aromatic carbocycles. The highest BCUT2D eigenvalue weighted by Crippen LogP contribution is 2.37. The number of aliphatic hydroxyl groups excluding tert-OH is 1. The smallest absolute Gasteiger partial charge is 0.394 e. The molecule has 0 spiro atoms. The maximum atomic E-state index is 12.9. The van der Waals surface area contributed by atoms with Gasteiger partial charge in [-0.15, -0.1) is 0 Å². The van der Waals surface area contributed by atoms with Crippen molar-refractivity contribution in [2.45, 2.75) is 75.3 Å². The molecule has 2 heterocycles. The number of halogens is 3. The van der Waals surface area contributed by atoms with Crippen molar-refractivity contribution in [3.63, 3.8) is 0 Å². The Hall–Kier alpha value is -1.30. The average Bonchev–Trinajstić information content (AvgIpc) is 3.28. The van der Waals surface area contributed by atoms with Gasteiger partial charge in [-0.1, -0.05) is 75.8 Å². The second-order valence-electron chi connectivity index (χ2n) is 10.8. The first-order chi connectivity index (χ1) is 19.9. The minimum atomic E-state index is -4.96. The van der Waals surface area contributed by atoms with Crippen LogP contribution in [0.3, 0.4) is 0 Å². The summed E-state index contributed by atoms with van der Waals surface area (Å²) in [5.74, 6) is 4.47. The van der Waals surface area contributed by atoms with Crippen molar-refractivity contribution in [3.8, 4) is 11.8 Å². The van der Waals surface area contributed by atoms with Crippen LogP contribution in [-0.2, 0) is 19.0 Å². The monoisotopic (exact) mass is 689 g/mol. The van der Waals surface area contributed by atoms with Crippen LogP contribution in [0, 0.1) is 11.8 Å². The number of carbonyl (C=O) groups excluding carboxylic acids is 1. The molecule has 1 unspecified atom stereocenters. The lowest BCUT2D eigenvalue weighted by atomic mass is 10.2. The molecule has 1 aliphatic heterocycles. The van der Waals surface area contributed by atoms with E-state index in [2.05, 4.69) is 43.0 Å². The summed E-state index contributed by atoms with van der Waals surface area (Å²) in [6, 6.07) is 0. The molecule has 0 saturated carbocycles. The summed E-state index contributed by atoms with van der Waals surface area (Å²) in [6.07, 6.45) is -4.85. The Morgan fingerprint density at radius 3 is 2.49 bits per heavy atom. The molecule has 1 amide bonds. The highest BCUT2D eigenvalue weighted by molar-refractivity contribution is 8.77. The van der Waals surface area contributed by atoms with Crippen molar-refractivity contribution in [1.82, 2.24) is 19.9 Å². The van der Waals surface area contributed by atoms with Crippen LogP contribution in [0.15, 0.2) is 11.0 Å². The third-order valence-electron chi connectivity index (χ3n) is 5.06. The number of aromatic nitrogens is 2. The van der Waals surface area contributed by atoms with Crippen LogP contribution < -0.4 is 16.4 Å². The zero-order valence-electron chi connectivity index (χ0n) is 24.9. The van der Waals surface area contributed by atoms with E-state index in [9.17, 15) is 27.9 Å². The summed E-state index contributed by atoms with van der Waals surface area (Å²) < 4.78 is 56.2. The number of nitrogens with zero attached hydrogens (tertiary/aromatic N) is 3. The summed E-state index contributed by atoms with van der Waals surface area (Å²) in [4.78, 5) is 27.0. The fourth-order valence-corrected chi connectivity index (χ4v) is 7.37. The standard InChI is InChI=1S/C25H38F3N5O6S4/c1-23(2,3)42-41-15-38-17-11-19(39-18(17)13-34)33-12-16(20(29-22(33)36)31-32(6)7)9-8-10-37-14-40-43-24(4,5)30-21(35)25(26,27)28/h12,17-19,34H,10-11,13-15H2,1-7H3,(H,30,35)(H,29,31,36)/t17?,18-,19-/m1/s1. The average molecular weight is 690 g/mol. The number of anilines is 1. The van der Waals surface area contributed by atoms with E-state index in [0.717, 1.165) is 21.6 Å². The number of ether oxygens (including phenoxy) is 3. The first-order valence-corrected chi connectivity index (χ1v) is 17.6. The molecule has 0 radical (unpaired) electrons. The van der Waals surface area contributed by atoms with E-state index in [1.807, 2.05) is 5.32 Å². The molecule has 2 rings (SSSR count). The van der Waals surface area contributed by atoms with Crippen molar-refractivity contribution in [2.24, 2.45) is 0 Å². The number of rotatable bonds is 14. The van der Waals surface area contributed by atoms with Crippen molar-refractivity contribution in [3.05, 3.63) is 22.2 Å². The van der Waals surface area contributed by atoms with Gasteiger partial charge >= 0.3 is 17.8 Å². The second kappa shape index (κ2) is 16.9. The minimum Gasteiger partial charge on any atom is -0.394 e. The van der Waals surface area contributed by atoms with Crippen LogP contribution in [0.1, 0.15) is 52.8 Å². The van der Waals surface area contributed by atoms with Crippen LogP contribution in [0.2, 0.25) is 0 Å². The van der Waals surface area contributed by atoms with Gasteiger partial charge in [0.15, 0.2) is 5.82 Å². The SMILES string of the molecule is CN(C)Nc1nc(=O)n([C@H]2CC(OCSSC(C)(C)C)[C@@H](CO)O2)cc1C#CCOCSSC(C)(C)NC(=O)C(F)(F)F.